The molecule has 0 aliphatic carbocycles. The Morgan fingerprint density at radius 1 is 1.27 bits per heavy atom. The Morgan fingerprint density at radius 3 is 2.73 bits per heavy atom. The first-order valence-electron chi connectivity index (χ1n) is 9.65. The summed E-state index contributed by atoms with van der Waals surface area (Å²) >= 11 is 0. The van der Waals surface area contributed by atoms with Crippen LogP contribution in [0.25, 0.3) is 11.4 Å². The zero-order valence-electron chi connectivity index (χ0n) is 16.4. The summed E-state index contributed by atoms with van der Waals surface area (Å²) in [6, 6.07) is 6.27. The lowest BCUT2D eigenvalue weighted by atomic mass is 9.95. The van der Waals surface area contributed by atoms with Gasteiger partial charge in [0.05, 0.1) is 11.4 Å². The summed E-state index contributed by atoms with van der Waals surface area (Å²) in [6.07, 6.45) is 6.92. The van der Waals surface area contributed by atoms with Crippen LogP contribution < -0.4 is 0 Å². The molecule has 26 heavy (non-hydrogen) atoms. The van der Waals surface area contributed by atoms with Crippen LogP contribution in [0.1, 0.15) is 46.1 Å². The summed E-state index contributed by atoms with van der Waals surface area (Å²) in [4.78, 5) is 19.1. The molecule has 5 heteroatoms. The SMILES string of the molecule is CCCn1nccc1-c1ccc(C[C@H]2CCN(C(=O)C(C)(C)C)C2)cn1. The van der Waals surface area contributed by atoms with Crippen molar-refractivity contribution in [3.05, 3.63) is 36.2 Å². The third-order valence-electron chi connectivity index (χ3n) is 4.98. The Hall–Kier alpha value is -2.17. The van der Waals surface area contributed by atoms with E-state index in [-0.39, 0.29) is 11.3 Å². The molecular formula is C21H30N4O. The molecule has 0 saturated carbocycles. The number of rotatable bonds is 5. The van der Waals surface area contributed by atoms with Gasteiger partial charge in [-0.2, -0.15) is 5.10 Å². The minimum atomic E-state index is -0.292. The fourth-order valence-corrected chi connectivity index (χ4v) is 3.63. The van der Waals surface area contributed by atoms with E-state index in [0.717, 1.165) is 50.3 Å². The maximum absolute atomic E-state index is 12.4. The van der Waals surface area contributed by atoms with E-state index in [1.807, 2.05) is 48.8 Å². The first-order chi connectivity index (χ1) is 12.4. The molecule has 0 unspecified atom stereocenters. The van der Waals surface area contributed by atoms with Crippen molar-refractivity contribution in [1.82, 2.24) is 19.7 Å². The molecule has 2 aromatic rings. The first-order valence-corrected chi connectivity index (χ1v) is 9.65. The van der Waals surface area contributed by atoms with Gasteiger partial charge in [0.1, 0.15) is 0 Å². The van der Waals surface area contributed by atoms with Gasteiger partial charge in [-0.1, -0.05) is 33.8 Å². The van der Waals surface area contributed by atoms with E-state index < -0.39 is 0 Å². The van der Waals surface area contributed by atoms with E-state index in [2.05, 4.69) is 29.1 Å². The second-order valence-electron chi connectivity index (χ2n) is 8.35. The van der Waals surface area contributed by atoms with Crippen LogP contribution in [0.2, 0.25) is 0 Å². The lowest BCUT2D eigenvalue weighted by molar-refractivity contribution is -0.138. The highest BCUT2D eigenvalue weighted by Gasteiger charge is 2.32. The molecule has 1 aliphatic heterocycles. The fraction of sp³-hybridized carbons (Fsp3) is 0.571. The van der Waals surface area contributed by atoms with Gasteiger partial charge in [0.25, 0.3) is 0 Å². The highest BCUT2D eigenvalue weighted by molar-refractivity contribution is 5.81. The van der Waals surface area contributed by atoms with Crippen molar-refractivity contribution in [2.45, 2.75) is 53.5 Å². The third kappa shape index (κ3) is 4.14. The van der Waals surface area contributed by atoms with E-state index in [4.69, 9.17) is 0 Å². The highest BCUT2D eigenvalue weighted by atomic mass is 16.2. The van der Waals surface area contributed by atoms with E-state index in [9.17, 15) is 4.79 Å². The normalized spacial score (nSPS) is 17.7. The van der Waals surface area contributed by atoms with E-state index in [1.54, 1.807) is 0 Å². The number of likely N-dealkylation sites (tertiary alicyclic amines) is 1. The molecule has 1 saturated heterocycles. The van der Waals surface area contributed by atoms with Crippen molar-refractivity contribution in [3.63, 3.8) is 0 Å². The second kappa shape index (κ2) is 7.60. The van der Waals surface area contributed by atoms with Crippen LogP contribution in [-0.2, 0) is 17.8 Å². The lowest BCUT2D eigenvalue weighted by Crippen LogP contribution is -2.38. The maximum Gasteiger partial charge on any atom is 0.227 e. The standard InChI is InChI=1S/C21H30N4O/c1-5-11-25-19(8-10-23-25)18-7-6-16(14-22-18)13-17-9-12-24(15-17)20(26)21(2,3)4/h6-8,10,14,17H,5,9,11-13,15H2,1-4H3/t17-/m1/s1. The fourth-order valence-electron chi connectivity index (χ4n) is 3.63. The maximum atomic E-state index is 12.4. The Morgan fingerprint density at radius 2 is 2.08 bits per heavy atom. The Bertz CT molecular complexity index is 742. The van der Waals surface area contributed by atoms with Crippen LogP contribution in [-0.4, -0.2) is 38.7 Å². The predicted molar refractivity (Wildman–Crippen MR) is 104 cm³/mol. The Labute approximate surface area is 156 Å². The van der Waals surface area contributed by atoms with Gasteiger partial charge in [-0.05, 0) is 42.9 Å². The molecule has 3 heterocycles. The molecule has 0 N–H and O–H groups in total. The molecule has 5 nitrogen and oxygen atoms in total. The summed E-state index contributed by atoms with van der Waals surface area (Å²) in [5.74, 6) is 0.789. The Kier molecular flexibility index (Phi) is 5.44. The van der Waals surface area contributed by atoms with Crippen molar-refractivity contribution >= 4 is 5.91 Å². The van der Waals surface area contributed by atoms with Gasteiger partial charge in [-0.25, -0.2) is 0 Å². The lowest BCUT2D eigenvalue weighted by Gasteiger charge is -2.25. The van der Waals surface area contributed by atoms with Crippen LogP contribution in [0.15, 0.2) is 30.6 Å². The third-order valence-corrected chi connectivity index (χ3v) is 4.98. The largest absolute Gasteiger partial charge is 0.342 e. The first kappa shape index (κ1) is 18.6. The Balaban J connectivity index is 1.62. The molecular weight excluding hydrogens is 324 g/mol. The van der Waals surface area contributed by atoms with E-state index in [0.29, 0.717) is 5.92 Å². The average Bonchev–Trinajstić information content (AvgIpc) is 3.24. The zero-order valence-corrected chi connectivity index (χ0v) is 16.4. The summed E-state index contributed by atoms with van der Waals surface area (Å²) in [6.45, 7) is 10.8. The number of pyridine rings is 1. The van der Waals surface area contributed by atoms with Gasteiger partial charge in [0.15, 0.2) is 0 Å². The van der Waals surface area contributed by atoms with Crippen LogP contribution >= 0.6 is 0 Å². The average molecular weight is 354 g/mol. The molecule has 0 aromatic carbocycles. The van der Waals surface area contributed by atoms with Gasteiger partial charge >= 0.3 is 0 Å². The number of hydrogen-bond donors (Lipinski definition) is 0. The van der Waals surface area contributed by atoms with Crippen molar-refractivity contribution in [1.29, 1.82) is 0 Å². The number of carbonyl (C=O) groups is 1. The molecule has 2 aromatic heterocycles. The summed E-state index contributed by atoms with van der Waals surface area (Å²) in [7, 11) is 0. The smallest absolute Gasteiger partial charge is 0.227 e. The monoisotopic (exact) mass is 354 g/mol. The molecule has 1 aliphatic rings. The van der Waals surface area contributed by atoms with Gasteiger partial charge in [0.2, 0.25) is 5.91 Å². The molecule has 0 spiro atoms. The predicted octanol–water partition coefficient (Wildman–Crippen LogP) is 3.79. The molecule has 0 bridgehead atoms. The quantitative estimate of drug-likeness (QED) is 0.821. The number of aromatic nitrogens is 3. The van der Waals surface area contributed by atoms with Gasteiger partial charge < -0.3 is 4.90 Å². The van der Waals surface area contributed by atoms with Crippen molar-refractivity contribution in [2.75, 3.05) is 13.1 Å². The van der Waals surface area contributed by atoms with E-state index in [1.165, 1.54) is 5.56 Å². The van der Waals surface area contributed by atoms with Gasteiger partial charge in [0, 0.05) is 37.4 Å². The van der Waals surface area contributed by atoms with Crippen molar-refractivity contribution < 1.29 is 4.79 Å². The van der Waals surface area contributed by atoms with Crippen molar-refractivity contribution in [3.8, 4) is 11.4 Å². The minimum absolute atomic E-state index is 0.262. The van der Waals surface area contributed by atoms with Crippen LogP contribution in [0.4, 0.5) is 0 Å². The number of amides is 1. The topological polar surface area (TPSA) is 51.0 Å². The van der Waals surface area contributed by atoms with Gasteiger partial charge in [-0.15, -0.1) is 0 Å². The van der Waals surface area contributed by atoms with Crippen molar-refractivity contribution in [2.24, 2.45) is 11.3 Å². The molecule has 1 fully saturated rings. The summed E-state index contributed by atoms with van der Waals surface area (Å²) in [5, 5.41) is 4.37. The van der Waals surface area contributed by atoms with Crippen LogP contribution in [0, 0.1) is 11.3 Å². The summed E-state index contributed by atoms with van der Waals surface area (Å²) < 4.78 is 2.01. The molecule has 0 radical (unpaired) electrons. The minimum Gasteiger partial charge on any atom is -0.342 e. The number of aryl methyl sites for hydroxylation is 1. The second-order valence-corrected chi connectivity index (χ2v) is 8.35. The van der Waals surface area contributed by atoms with Crippen LogP contribution in [0.5, 0.6) is 0 Å². The van der Waals surface area contributed by atoms with E-state index >= 15 is 0 Å². The highest BCUT2D eigenvalue weighted by Crippen LogP contribution is 2.26. The number of nitrogens with zero attached hydrogens (tertiary/aromatic N) is 4. The molecule has 3 rings (SSSR count). The molecule has 1 atom stereocenters. The molecule has 140 valence electrons. The van der Waals surface area contributed by atoms with Gasteiger partial charge in [-0.3, -0.25) is 14.5 Å². The number of hydrogen-bond acceptors (Lipinski definition) is 3. The zero-order chi connectivity index (χ0) is 18.7. The number of carbonyl (C=O) groups excluding carboxylic acids is 1. The molecule has 1 amide bonds. The van der Waals surface area contributed by atoms with Crippen LogP contribution in [0.3, 0.4) is 0 Å². The summed E-state index contributed by atoms with van der Waals surface area (Å²) in [5.41, 5.74) is 2.99.